The molecule has 0 bridgehead atoms. The Balaban J connectivity index is 0.00000338. The van der Waals surface area contributed by atoms with E-state index in [-0.39, 0.29) is 24.0 Å². The number of unbranched alkanes of at least 4 members (excludes halogenated alkanes) is 1. The zero-order valence-electron chi connectivity index (χ0n) is 16.2. The molecule has 1 heterocycles. The molecule has 1 aromatic carbocycles. The van der Waals surface area contributed by atoms with Crippen LogP contribution in [0.4, 0.5) is 0 Å². The number of ether oxygens (including phenoxy) is 1. The minimum atomic E-state index is 0. The van der Waals surface area contributed by atoms with Crippen LogP contribution in [0.25, 0.3) is 10.9 Å². The molecule has 2 rings (SSSR count). The Morgan fingerprint density at radius 1 is 1.12 bits per heavy atom. The number of aliphatic imine (C=N–C) groups is 1. The zero-order chi connectivity index (χ0) is 17.9. The van der Waals surface area contributed by atoms with E-state index in [0.29, 0.717) is 0 Å². The number of halogens is 1. The fourth-order valence-corrected chi connectivity index (χ4v) is 2.91. The fourth-order valence-electron chi connectivity index (χ4n) is 2.91. The minimum Gasteiger partial charge on any atom is -0.381 e. The second-order valence-electron chi connectivity index (χ2n) is 6.27. The van der Waals surface area contributed by atoms with Gasteiger partial charge in [-0.3, -0.25) is 4.99 Å². The van der Waals surface area contributed by atoms with Crippen LogP contribution in [-0.4, -0.2) is 44.3 Å². The summed E-state index contributed by atoms with van der Waals surface area (Å²) in [6.07, 6.45) is 4.29. The van der Waals surface area contributed by atoms with Gasteiger partial charge in [0.2, 0.25) is 0 Å². The van der Waals surface area contributed by atoms with Crippen LogP contribution in [0.5, 0.6) is 0 Å². The number of rotatable bonds is 10. The number of hydrogen-bond acceptors (Lipinski definition) is 2. The summed E-state index contributed by atoms with van der Waals surface area (Å²) in [5.41, 5.74) is 3.83. The average molecular weight is 472 g/mol. The number of guanidine groups is 1. The highest BCUT2D eigenvalue weighted by Crippen LogP contribution is 2.21. The van der Waals surface area contributed by atoms with Gasteiger partial charge in [-0.2, -0.15) is 0 Å². The molecule has 6 heteroatoms. The van der Waals surface area contributed by atoms with Crippen molar-refractivity contribution in [3.63, 3.8) is 0 Å². The van der Waals surface area contributed by atoms with E-state index >= 15 is 0 Å². The molecule has 1 aromatic heterocycles. The van der Waals surface area contributed by atoms with E-state index < -0.39 is 0 Å². The van der Waals surface area contributed by atoms with E-state index in [2.05, 4.69) is 58.7 Å². The Labute approximate surface area is 174 Å². The van der Waals surface area contributed by atoms with Crippen LogP contribution in [0.2, 0.25) is 0 Å². The number of fused-ring (bicyclic) bond motifs is 1. The van der Waals surface area contributed by atoms with Crippen molar-refractivity contribution in [3.05, 3.63) is 35.5 Å². The monoisotopic (exact) mass is 472 g/mol. The lowest BCUT2D eigenvalue weighted by atomic mass is 10.1. The van der Waals surface area contributed by atoms with Gasteiger partial charge in [0.1, 0.15) is 0 Å². The summed E-state index contributed by atoms with van der Waals surface area (Å²) in [4.78, 5) is 7.74. The number of para-hydroxylation sites is 1. The van der Waals surface area contributed by atoms with Crippen molar-refractivity contribution in [3.8, 4) is 0 Å². The van der Waals surface area contributed by atoms with Gasteiger partial charge in [-0.15, -0.1) is 24.0 Å². The molecule has 0 amide bonds. The zero-order valence-corrected chi connectivity index (χ0v) is 18.6. The second kappa shape index (κ2) is 13.0. The van der Waals surface area contributed by atoms with E-state index in [4.69, 9.17) is 4.74 Å². The topological polar surface area (TPSA) is 61.4 Å². The van der Waals surface area contributed by atoms with E-state index in [1.165, 1.54) is 28.6 Å². The van der Waals surface area contributed by atoms with Gasteiger partial charge in [-0.25, -0.2) is 0 Å². The normalized spacial score (nSPS) is 11.4. The third-order valence-corrected chi connectivity index (χ3v) is 4.32. The molecule has 0 saturated carbocycles. The Bertz CT molecular complexity index is 669. The summed E-state index contributed by atoms with van der Waals surface area (Å²) in [6.45, 7) is 7.72. The summed E-state index contributed by atoms with van der Waals surface area (Å²) >= 11 is 0. The molecule has 0 unspecified atom stereocenters. The van der Waals surface area contributed by atoms with Gasteiger partial charge in [-0.05, 0) is 37.8 Å². The molecule has 26 heavy (non-hydrogen) atoms. The SMILES string of the molecule is CCCCOCCCNC(=NC)NCCc1c(C)[nH]c2ccccc12.I. The smallest absolute Gasteiger partial charge is 0.190 e. The molecule has 2 aromatic rings. The van der Waals surface area contributed by atoms with Gasteiger partial charge in [0.05, 0.1) is 0 Å². The van der Waals surface area contributed by atoms with Crippen LogP contribution in [-0.2, 0) is 11.2 Å². The Kier molecular flexibility index (Phi) is 11.4. The number of aryl methyl sites for hydroxylation is 1. The molecule has 0 spiro atoms. The summed E-state index contributed by atoms with van der Waals surface area (Å²) in [7, 11) is 1.81. The molecule has 0 fully saturated rings. The van der Waals surface area contributed by atoms with Gasteiger partial charge < -0.3 is 20.4 Å². The summed E-state index contributed by atoms with van der Waals surface area (Å²) in [6, 6.07) is 8.47. The van der Waals surface area contributed by atoms with Gasteiger partial charge in [-0.1, -0.05) is 31.5 Å². The van der Waals surface area contributed by atoms with Crippen molar-refractivity contribution in [2.45, 2.75) is 39.5 Å². The van der Waals surface area contributed by atoms with Gasteiger partial charge in [0, 0.05) is 49.9 Å². The summed E-state index contributed by atoms with van der Waals surface area (Å²) in [5.74, 6) is 0.853. The maximum absolute atomic E-state index is 5.57. The van der Waals surface area contributed by atoms with E-state index in [1.807, 2.05) is 7.05 Å². The Hall–Kier alpha value is -1.28. The molecule has 5 nitrogen and oxygen atoms in total. The van der Waals surface area contributed by atoms with Crippen molar-refractivity contribution >= 4 is 40.8 Å². The van der Waals surface area contributed by atoms with Crippen molar-refractivity contribution < 1.29 is 4.74 Å². The molecular formula is C20H33IN4O. The molecule has 0 aliphatic carbocycles. The quantitative estimate of drug-likeness (QED) is 0.212. The van der Waals surface area contributed by atoms with E-state index in [1.54, 1.807) is 0 Å². The third-order valence-electron chi connectivity index (χ3n) is 4.32. The van der Waals surface area contributed by atoms with Gasteiger partial charge in [0.15, 0.2) is 5.96 Å². The maximum atomic E-state index is 5.57. The first-order valence-corrected chi connectivity index (χ1v) is 9.34. The molecule has 0 atom stereocenters. The first kappa shape index (κ1) is 22.8. The summed E-state index contributed by atoms with van der Waals surface area (Å²) in [5, 5.41) is 8.05. The minimum absolute atomic E-state index is 0. The number of hydrogen-bond donors (Lipinski definition) is 3. The van der Waals surface area contributed by atoms with Crippen LogP contribution < -0.4 is 10.6 Å². The highest BCUT2D eigenvalue weighted by atomic mass is 127. The predicted octanol–water partition coefficient (Wildman–Crippen LogP) is 4.01. The molecule has 0 radical (unpaired) electrons. The fraction of sp³-hybridized carbons (Fsp3) is 0.550. The third kappa shape index (κ3) is 7.15. The van der Waals surface area contributed by atoms with Crippen molar-refractivity contribution in [2.75, 3.05) is 33.4 Å². The Morgan fingerprint density at radius 2 is 1.85 bits per heavy atom. The molecule has 0 saturated heterocycles. The van der Waals surface area contributed by atoms with Crippen molar-refractivity contribution in [1.29, 1.82) is 0 Å². The van der Waals surface area contributed by atoms with Crippen molar-refractivity contribution in [1.82, 2.24) is 15.6 Å². The number of aromatic amines is 1. The highest BCUT2D eigenvalue weighted by Gasteiger charge is 2.07. The van der Waals surface area contributed by atoms with Gasteiger partial charge in [0.25, 0.3) is 0 Å². The predicted molar refractivity (Wildman–Crippen MR) is 122 cm³/mol. The maximum Gasteiger partial charge on any atom is 0.190 e. The lowest BCUT2D eigenvalue weighted by molar-refractivity contribution is 0.129. The number of aromatic nitrogens is 1. The second-order valence-corrected chi connectivity index (χ2v) is 6.27. The molecule has 3 N–H and O–H groups in total. The molecule has 0 aliphatic heterocycles. The van der Waals surface area contributed by atoms with E-state index in [0.717, 1.165) is 51.5 Å². The Morgan fingerprint density at radius 3 is 2.62 bits per heavy atom. The largest absolute Gasteiger partial charge is 0.381 e. The lowest BCUT2D eigenvalue weighted by Gasteiger charge is -2.12. The van der Waals surface area contributed by atoms with Crippen LogP contribution in [0.1, 0.15) is 37.4 Å². The number of nitrogens with one attached hydrogen (secondary N) is 3. The number of benzene rings is 1. The molecule has 0 aliphatic rings. The molecular weight excluding hydrogens is 439 g/mol. The number of nitrogens with zero attached hydrogens (tertiary/aromatic N) is 1. The summed E-state index contributed by atoms with van der Waals surface area (Å²) < 4.78 is 5.57. The van der Waals surface area contributed by atoms with Gasteiger partial charge >= 0.3 is 0 Å². The van der Waals surface area contributed by atoms with Crippen LogP contribution in [0.15, 0.2) is 29.3 Å². The van der Waals surface area contributed by atoms with E-state index in [9.17, 15) is 0 Å². The number of H-pyrrole nitrogens is 1. The molecule has 146 valence electrons. The highest BCUT2D eigenvalue weighted by molar-refractivity contribution is 14.0. The van der Waals surface area contributed by atoms with Crippen LogP contribution in [0, 0.1) is 6.92 Å². The van der Waals surface area contributed by atoms with Crippen molar-refractivity contribution in [2.24, 2.45) is 4.99 Å². The van der Waals surface area contributed by atoms with Crippen LogP contribution >= 0.6 is 24.0 Å². The lowest BCUT2D eigenvalue weighted by Crippen LogP contribution is -2.39. The first-order valence-electron chi connectivity index (χ1n) is 9.34. The first-order chi connectivity index (χ1) is 12.3. The average Bonchev–Trinajstić information content (AvgIpc) is 2.95. The standard InChI is InChI=1S/C20H32N4O.HI/c1-4-5-14-25-15-8-12-22-20(21-3)23-13-11-17-16(2)24-19-10-7-6-9-18(17)19;/h6-7,9-10,24H,4-5,8,11-15H2,1-3H3,(H2,21,22,23);1H. The van der Waals surface area contributed by atoms with Crippen LogP contribution in [0.3, 0.4) is 0 Å².